The third-order valence-electron chi connectivity index (χ3n) is 3.58. The Bertz CT molecular complexity index is 527. The van der Waals surface area contributed by atoms with E-state index < -0.39 is 11.8 Å². The zero-order chi connectivity index (χ0) is 15.9. The minimum atomic E-state index is -0.667. The van der Waals surface area contributed by atoms with E-state index in [9.17, 15) is 9.59 Å². The van der Waals surface area contributed by atoms with Crippen molar-refractivity contribution in [2.45, 2.75) is 0 Å². The summed E-state index contributed by atoms with van der Waals surface area (Å²) in [5, 5.41) is 11.0. The van der Waals surface area contributed by atoms with Gasteiger partial charge in [-0.15, -0.1) is 0 Å². The first-order valence-corrected chi connectivity index (χ1v) is 7.23. The molecule has 0 atom stereocenters. The molecule has 1 fully saturated rings. The second-order valence-electron chi connectivity index (χ2n) is 4.93. The van der Waals surface area contributed by atoms with Gasteiger partial charge in [0.25, 0.3) is 0 Å². The third kappa shape index (κ3) is 3.67. The molecule has 0 spiro atoms. The quantitative estimate of drug-likeness (QED) is 0.730. The van der Waals surface area contributed by atoms with Crippen molar-refractivity contribution in [3.05, 3.63) is 24.3 Å². The highest BCUT2D eigenvalue weighted by molar-refractivity contribution is 6.35. The number of aliphatic hydroxyl groups excluding tert-OH is 1. The summed E-state index contributed by atoms with van der Waals surface area (Å²) in [6, 6.07) is 7.73. The molecular weight excluding hydrogens is 286 g/mol. The van der Waals surface area contributed by atoms with Gasteiger partial charge < -0.3 is 25.0 Å². The molecular formula is C15H21N3O4. The minimum absolute atomic E-state index is 0.0890. The molecule has 22 heavy (non-hydrogen) atoms. The van der Waals surface area contributed by atoms with Gasteiger partial charge in [0, 0.05) is 32.7 Å². The number of rotatable bonds is 4. The molecule has 0 radical (unpaired) electrons. The van der Waals surface area contributed by atoms with Crippen molar-refractivity contribution in [3.8, 4) is 5.75 Å². The van der Waals surface area contributed by atoms with Crippen LogP contribution in [0.25, 0.3) is 0 Å². The molecule has 1 aliphatic rings. The van der Waals surface area contributed by atoms with E-state index in [4.69, 9.17) is 9.84 Å². The zero-order valence-corrected chi connectivity index (χ0v) is 12.6. The van der Waals surface area contributed by atoms with Gasteiger partial charge >= 0.3 is 11.8 Å². The summed E-state index contributed by atoms with van der Waals surface area (Å²) in [4.78, 5) is 27.2. The number of benzene rings is 1. The molecule has 2 rings (SSSR count). The van der Waals surface area contributed by atoms with Crippen LogP contribution in [0.5, 0.6) is 5.75 Å². The average Bonchev–Trinajstić information content (AvgIpc) is 2.59. The lowest BCUT2D eigenvalue weighted by atomic mass is 10.2. The fraction of sp³-hybridized carbons (Fsp3) is 0.467. The van der Waals surface area contributed by atoms with Crippen LogP contribution in [-0.4, -0.2) is 68.3 Å². The van der Waals surface area contributed by atoms with Crippen molar-refractivity contribution in [2.75, 3.05) is 51.3 Å². The molecule has 7 heteroatoms. The molecule has 0 unspecified atom stereocenters. The van der Waals surface area contributed by atoms with Gasteiger partial charge in [0.1, 0.15) is 5.75 Å². The lowest BCUT2D eigenvalue weighted by Gasteiger charge is -2.36. The van der Waals surface area contributed by atoms with Gasteiger partial charge in [0.2, 0.25) is 0 Å². The van der Waals surface area contributed by atoms with Crippen molar-refractivity contribution < 1.29 is 19.4 Å². The molecule has 0 aromatic heterocycles. The summed E-state index contributed by atoms with van der Waals surface area (Å²) in [5.41, 5.74) is 0.988. The van der Waals surface area contributed by atoms with Crippen LogP contribution in [-0.2, 0) is 9.59 Å². The SMILES string of the molecule is COc1ccccc1N1CCN(C(=O)C(=O)NCCO)CC1. The van der Waals surface area contributed by atoms with Crippen LogP contribution in [0.2, 0.25) is 0 Å². The number of carbonyl (C=O) groups excluding carboxylic acids is 2. The van der Waals surface area contributed by atoms with Crippen LogP contribution in [0.4, 0.5) is 5.69 Å². The van der Waals surface area contributed by atoms with Gasteiger partial charge in [-0.2, -0.15) is 0 Å². The number of anilines is 1. The summed E-state index contributed by atoms with van der Waals surface area (Å²) >= 11 is 0. The Morgan fingerprint density at radius 2 is 1.91 bits per heavy atom. The number of carbonyl (C=O) groups is 2. The Morgan fingerprint density at radius 1 is 1.23 bits per heavy atom. The Labute approximate surface area is 129 Å². The van der Waals surface area contributed by atoms with Crippen LogP contribution in [0.1, 0.15) is 0 Å². The monoisotopic (exact) mass is 307 g/mol. The lowest BCUT2D eigenvalue weighted by Crippen LogP contribution is -2.53. The lowest BCUT2D eigenvalue weighted by molar-refractivity contribution is -0.146. The molecule has 2 amide bonds. The van der Waals surface area contributed by atoms with Crippen molar-refractivity contribution in [1.82, 2.24) is 10.2 Å². The van der Waals surface area contributed by atoms with E-state index in [-0.39, 0.29) is 13.2 Å². The van der Waals surface area contributed by atoms with Crippen molar-refractivity contribution >= 4 is 17.5 Å². The summed E-state index contributed by atoms with van der Waals surface area (Å²) in [6.45, 7) is 2.14. The number of hydrogen-bond acceptors (Lipinski definition) is 5. The predicted octanol–water partition coefficient (Wildman–Crippen LogP) is -0.548. The number of aliphatic hydroxyl groups is 1. The molecule has 0 bridgehead atoms. The fourth-order valence-corrected chi connectivity index (χ4v) is 2.43. The van der Waals surface area contributed by atoms with Crippen molar-refractivity contribution in [1.29, 1.82) is 0 Å². The summed E-state index contributed by atoms with van der Waals surface area (Å²) in [5.74, 6) is -0.420. The van der Waals surface area contributed by atoms with E-state index in [2.05, 4.69) is 10.2 Å². The van der Waals surface area contributed by atoms with E-state index >= 15 is 0 Å². The van der Waals surface area contributed by atoms with E-state index in [1.165, 1.54) is 4.90 Å². The Morgan fingerprint density at radius 3 is 2.55 bits per heavy atom. The van der Waals surface area contributed by atoms with Crippen molar-refractivity contribution in [3.63, 3.8) is 0 Å². The predicted molar refractivity (Wildman–Crippen MR) is 81.9 cm³/mol. The average molecular weight is 307 g/mol. The first-order chi connectivity index (χ1) is 10.7. The maximum atomic E-state index is 12.0. The maximum absolute atomic E-state index is 12.0. The molecule has 120 valence electrons. The zero-order valence-electron chi connectivity index (χ0n) is 12.6. The highest BCUT2D eigenvalue weighted by Crippen LogP contribution is 2.28. The van der Waals surface area contributed by atoms with E-state index in [0.29, 0.717) is 26.2 Å². The Hall–Kier alpha value is -2.28. The number of nitrogens with zero attached hydrogens (tertiary/aromatic N) is 2. The van der Waals surface area contributed by atoms with Gasteiger partial charge in [-0.1, -0.05) is 12.1 Å². The Kier molecular flexibility index (Phi) is 5.60. The third-order valence-corrected chi connectivity index (χ3v) is 3.58. The minimum Gasteiger partial charge on any atom is -0.495 e. The van der Waals surface area contributed by atoms with E-state index in [1.54, 1.807) is 7.11 Å². The van der Waals surface area contributed by atoms with Crippen LogP contribution in [0.3, 0.4) is 0 Å². The maximum Gasteiger partial charge on any atom is 0.312 e. The van der Waals surface area contributed by atoms with Gasteiger partial charge in [-0.25, -0.2) is 0 Å². The largest absolute Gasteiger partial charge is 0.495 e. The number of methoxy groups -OCH3 is 1. The highest BCUT2D eigenvalue weighted by Gasteiger charge is 2.26. The topological polar surface area (TPSA) is 82.1 Å². The van der Waals surface area contributed by atoms with Gasteiger partial charge in [-0.3, -0.25) is 9.59 Å². The van der Waals surface area contributed by atoms with Crippen molar-refractivity contribution in [2.24, 2.45) is 0 Å². The van der Waals surface area contributed by atoms with Crippen LogP contribution < -0.4 is 15.0 Å². The van der Waals surface area contributed by atoms with Gasteiger partial charge in [0.05, 0.1) is 19.4 Å². The van der Waals surface area contributed by atoms with Gasteiger partial charge in [0.15, 0.2) is 0 Å². The molecule has 7 nitrogen and oxygen atoms in total. The number of nitrogens with one attached hydrogen (secondary N) is 1. The molecule has 1 heterocycles. The molecule has 1 aromatic carbocycles. The molecule has 2 N–H and O–H groups in total. The summed E-state index contributed by atoms with van der Waals surface area (Å²) < 4.78 is 5.35. The van der Waals surface area contributed by atoms with E-state index in [0.717, 1.165) is 11.4 Å². The molecule has 0 saturated carbocycles. The second kappa shape index (κ2) is 7.65. The molecule has 1 aliphatic heterocycles. The summed E-state index contributed by atoms with van der Waals surface area (Å²) in [6.07, 6.45) is 0. The molecule has 1 aromatic rings. The number of piperazine rings is 1. The smallest absolute Gasteiger partial charge is 0.312 e. The number of amides is 2. The first-order valence-electron chi connectivity index (χ1n) is 7.23. The Balaban J connectivity index is 1.93. The highest BCUT2D eigenvalue weighted by atomic mass is 16.5. The van der Waals surface area contributed by atoms with E-state index in [1.807, 2.05) is 24.3 Å². The standard InChI is InChI=1S/C15H21N3O4/c1-22-13-5-3-2-4-12(13)17-7-9-18(10-8-17)15(21)14(20)16-6-11-19/h2-5,19H,6-11H2,1H3,(H,16,20). The van der Waals surface area contributed by atoms with Crippen LogP contribution in [0.15, 0.2) is 24.3 Å². The van der Waals surface area contributed by atoms with Crippen LogP contribution >= 0.6 is 0 Å². The number of ether oxygens (including phenoxy) is 1. The van der Waals surface area contributed by atoms with Crippen LogP contribution in [0, 0.1) is 0 Å². The first kappa shape index (κ1) is 16.1. The van der Waals surface area contributed by atoms with Gasteiger partial charge in [-0.05, 0) is 12.1 Å². The molecule has 0 aliphatic carbocycles. The molecule has 1 saturated heterocycles. The normalized spacial score (nSPS) is 14.6. The number of para-hydroxylation sites is 2. The number of hydrogen-bond donors (Lipinski definition) is 2. The second-order valence-corrected chi connectivity index (χ2v) is 4.93. The summed E-state index contributed by atoms with van der Waals surface area (Å²) in [7, 11) is 1.63. The fourth-order valence-electron chi connectivity index (χ4n) is 2.43.